The van der Waals surface area contributed by atoms with Crippen LogP contribution < -0.4 is 19.5 Å². The van der Waals surface area contributed by atoms with Crippen molar-refractivity contribution in [3.8, 4) is 17.2 Å². The van der Waals surface area contributed by atoms with E-state index in [9.17, 15) is 4.79 Å². The van der Waals surface area contributed by atoms with Gasteiger partial charge in [0.1, 0.15) is 30.5 Å². The number of hydrogen-bond acceptors (Lipinski definition) is 4. The minimum Gasteiger partial charge on any atom is -0.496 e. The second-order valence-corrected chi connectivity index (χ2v) is 6.72. The minimum atomic E-state index is -0.283. The zero-order valence-electron chi connectivity index (χ0n) is 15.4. The van der Waals surface area contributed by atoms with Crippen LogP contribution in [0.25, 0.3) is 0 Å². The van der Waals surface area contributed by atoms with Crippen molar-refractivity contribution in [1.29, 1.82) is 0 Å². The van der Waals surface area contributed by atoms with Gasteiger partial charge in [-0.2, -0.15) is 0 Å². The number of hydrogen-bond donors (Lipinski definition) is 1. The summed E-state index contributed by atoms with van der Waals surface area (Å²) in [4.78, 5) is 12.7. The molecule has 6 heteroatoms. The summed E-state index contributed by atoms with van der Waals surface area (Å²) in [5.41, 5.74) is 1.01. The summed E-state index contributed by atoms with van der Waals surface area (Å²) in [6.45, 7) is 0.744. The molecule has 1 N–H and O–H groups in total. The van der Waals surface area contributed by atoms with Gasteiger partial charge >= 0.3 is 0 Å². The van der Waals surface area contributed by atoms with Gasteiger partial charge in [0.15, 0.2) is 0 Å². The molecule has 0 saturated carbocycles. The number of amides is 1. The molecule has 0 atom stereocenters. The Bertz CT molecular complexity index is 931. The van der Waals surface area contributed by atoms with E-state index in [2.05, 4.69) is 21.2 Å². The van der Waals surface area contributed by atoms with E-state index >= 15 is 0 Å². The highest BCUT2D eigenvalue weighted by atomic mass is 79.9. The number of ether oxygens (including phenoxy) is 3. The second-order valence-electron chi connectivity index (χ2n) is 5.80. The molecule has 0 aliphatic rings. The summed E-state index contributed by atoms with van der Waals surface area (Å²) in [7, 11) is 1.53. The molecular weight excluding hydrogens is 422 g/mol. The maximum atomic E-state index is 12.7. The molecule has 0 heterocycles. The topological polar surface area (TPSA) is 56.8 Å². The van der Waals surface area contributed by atoms with E-state index in [-0.39, 0.29) is 5.91 Å². The van der Waals surface area contributed by atoms with Crippen LogP contribution in [-0.2, 0) is 0 Å². The molecule has 144 valence electrons. The highest BCUT2D eigenvalue weighted by molar-refractivity contribution is 9.10. The predicted octanol–water partition coefficient (Wildman–Crippen LogP) is 5.17. The van der Waals surface area contributed by atoms with Crippen molar-refractivity contribution >= 4 is 27.5 Å². The molecule has 0 aromatic heterocycles. The fourth-order valence-corrected chi connectivity index (χ4v) is 2.93. The van der Waals surface area contributed by atoms with Crippen LogP contribution in [-0.4, -0.2) is 26.2 Å². The van der Waals surface area contributed by atoms with Crippen molar-refractivity contribution in [3.05, 3.63) is 82.8 Å². The van der Waals surface area contributed by atoms with Crippen LogP contribution >= 0.6 is 15.9 Å². The maximum Gasteiger partial charge on any atom is 0.259 e. The van der Waals surface area contributed by atoms with Crippen molar-refractivity contribution in [2.75, 3.05) is 25.6 Å². The largest absolute Gasteiger partial charge is 0.496 e. The third kappa shape index (κ3) is 5.27. The highest BCUT2D eigenvalue weighted by Crippen LogP contribution is 2.27. The van der Waals surface area contributed by atoms with Crippen molar-refractivity contribution in [3.63, 3.8) is 0 Å². The van der Waals surface area contributed by atoms with Gasteiger partial charge in [0.05, 0.1) is 18.4 Å². The lowest BCUT2D eigenvalue weighted by Crippen LogP contribution is -2.15. The van der Waals surface area contributed by atoms with Gasteiger partial charge in [0, 0.05) is 4.47 Å². The predicted molar refractivity (Wildman–Crippen MR) is 113 cm³/mol. The smallest absolute Gasteiger partial charge is 0.259 e. The number of rotatable bonds is 8. The number of carbonyl (C=O) groups is 1. The lowest BCUT2D eigenvalue weighted by Gasteiger charge is -2.14. The number of anilines is 1. The molecule has 0 fully saturated rings. The Balaban J connectivity index is 1.63. The number of methoxy groups -OCH3 is 1. The zero-order chi connectivity index (χ0) is 19.8. The summed E-state index contributed by atoms with van der Waals surface area (Å²) in [6.07, 6.45) is 0. The summed E-state index contributed by atoms with van der Waals surface area (Å²) in [5, 5.41) is 2.88. The number of halogens is 1. The highest BCUT2D eigenvalue weighted by Gasteiger charge is 2.15. The van der Waals surface area contributed by atoms with Crippen molar-refractivity contribution in [1.82, 2.24) is 0 Å². The van der Waals surface area contributed by atoms with Gasteiger partial charge in [0.2, 0.25) is 0 Å². The average molecular weight is 442 g/mol. The third-order valence-electron chi connectivity index (χ3n) is 3.89. The Morgan fingerprint density at radius 3 is 2.39 bits per heavy atom. The molecule has 0 aliphatic heterocycles. The lowest BCUT2D eigenvalue weighted by atomic mass is 10.2. The normalized spacial score (nSPS) is 10.2. The summed E-state index contributed by atoms with van der Waals surface area (Å²) in [5.74, 6) is 1.57. The third-order valence-corrected chi connectivity index (χ3v) is 4.39. The first-order valence-electron chi connectivity index (χ1n) is 8.72. The number of benzene rings is 3. The molecule has 0 bridgehead atoms. The number of nitrogens with one attached hydrogen (secondary N) is 1. The first-order chi connectivity index (χ1) is 13.7. The van der Waals surface area contributed by atoms with Gasteiger partial charge < -0.3 is 19.5 Å². The van der Waals surface area contributed by atoms with E-state index in [1.807, 2.05) is 48.5 Å². The Morgan fingerprint density at radius 1 is 0.893 bits per heavy atom. The molecule has 0 radical (unpaired) electrons. The number of para-hydroxylation sites is 3. The molecule has 0 aliphatic carbocycles. The molecule has 3 aromatic rings. The van der Waals surface area contributed by atoms with Crippen LogP contribution in [0.2, 0.25) is 0 Å². The van der Waals surface area contributed by atoms with Gasteiger partial charge in [-0.05, 0) is 42.5 Å². The van der Waals surface area contributed by atoms with Crippen LogP contribution in [0.5, 0.6) is 17.2 Å². The molecule has 0 saturated heterocycles. The summed E-state index contributed by atoms with van der Waals surface area (Å²) >= 11 is 3.38. The molecule has 28 heavy (non-hydrogen) atoms. The Hall–Kier alpha value is -2.99. The lowest BCUT2D eigenvalue weighted by molar-refractivity contribution is 0.102. The molecular formula is C22H20BrNO4. The van der Waals surface area contributed by atoms with Gasteiger partial charge in [0.25, 0.3) is 5.91 Å². The molecule has 5 nitrogen and oxygen atoms in total. The maximum absolute atomic E-state index is 12.7. The summed E-state index contributed by atoms with van der Waals surface area (Å²) < 4.78 is 17.5. The van der Waals surface area contributed by atoms with Crippen LogP contribution in [0, 0.1) is 0 Å². The van der Waals surface area contributed by atoms with Crippen molar-refractivity contribution in [2.24, 2.45) is 0 Å². The quantitative estimate of drug-likeness (QED) is 0.490. The molecule has 3 rings (SSSR count). The first-order valence-corrected chi connectivity index (χ1v) is 9.51. The summed E-state index contributed by atoms with van der Waals surface area (Å²) in [6, 6.07) is 22.1. The van der Waals surface area contributed by atoms with Crippen LogP contribution in [0.15, 0.2) is 77.3 Å². The van der Waals surface area contributed by atoms with Crippen LogP contribution in [0.1, 0.15) is 10.4 Å². The van der Waals surface area contributed by atoms with Crippen molar-refractivity contribution < 1.29 is 19.0 Å². The SMILES string of the molecule is COc1ccc(Br)cc1C(=O)Nc1ccccc1OCCOc1ccccc1. The molecule has 0 unspecified atom stereocenters. The standard InChI is InChI=1S/C22H20BrNO4/c1-26-20-12-11-16(23)15-18(20)22(25)24-19-9-5-6-10-21(19)28-14-13-27-17-7-3-2-4-8-17/h2-12,15H,13-14H2,1H3,(H,24,25). The van der Waals surface area contributed by atoms with E-state index in [1.165, 1.54) is 7.11 Å². The minimum absolute atomic E-state index is 0.283. The number of carbonyl (C=O) groups excluding carboxylic acids is 1. The van der Waals surface area contributed by atoms with Gasteiger partial charge in [-0.15, -0.1) is 0 Å². The fourth-order valence-electron chi connectivity index (χ4n) is 2.57. The monoisotopic (exact) mass is 441 g/mol. The van der Waals surface area contributed by atoms with Gasteiger partial charge in [-0.25, -0.2) is 0 Å². The second kappa shape index (κ2) is 9.80. The van der Waals surface area contributed by atoms with E-state index < -0.39 is 0 Å². The molecule has 1 amide bonds. The Labute approximate surface area is 172 Å². The van der Waals surface area contributed by atoms with E-state index in [0.717, 1.165) is 10.2 Å². The molecule has 0 spiro atoms. The Morgan fingerprint density at radius 2 is 1.61 bits per heavy atom. The Kier molecular flexibility index (Phi) is 6.92. The van der Waals surface area contributed by atoms with Crippen LogP contribution in [0.3, 0.4) is 0 Å². The first kappa shape index (κ1) is 19.8. The van der Waals surface area contributed by atoms with Gasteiger partial charge in [-0.1, -0.05) is 46.3 Å². The van der Waals surface area contributed by atoms with Crippen LogP contribution in [0.4, 0.5) is 5.69 Å². The zero-order valence-corrected chi connectivity index (χ0v) is 16.9. The molecule has 3 aromatic carbocycles. The fraction of sp³-hybridized carbons (Fsp3) is 0.136. The van der Waals surface area contributed by atoms with E-state index in [1.54, 1.807) is 24.3 Å². The van der Waals surface area contributed by atoms with E-state index in [0.29, 0.717) is 36.0 Å². The van der Waals surface area contributed by atoms with E-state index in [4.69, 9.17) is 14.2 Å². The van der Waals surface area contributed by atoms with Crippen molar-refractivity contribution in [2.45, 2.75) is 0 Å². The van der Waals surface area contributed by atoms with Gasteiger partial charge in [-0.3, -0.25) is 4.79 Å². The average Bonchev–Trinajstić information content (AvgIpc) is 2.73.